The first-order valence-electron chi connectivity index (χ1n) is 8.32. The highest BCUT2D eigenvalue weighted by atomic mass is 19.2. The summed E-state index contributed by atoms with van der Waals surface area (Å²) in [6.07, 6.45) is 0.103. The van der Waals surface area contributed by atoms with E-state index < -0.39 is 17.7 Å². The number of hydrogen-bond acceptors (Lipinski definition) is 2. The van der Waals surface area contributed by atoms with Crippen molar-refractivity contribution in [3.63, 3.8) is 0 Å². The van der Waals surface area contributed by atoms with Crippen molar-refractivity contribution >= 4 is 5.91 Å². The zero-order chi connectivity index (χ0) is 18.4. The van der Waals surface area contributed by atoms with Gasteiger partial charge in [0, 0.05) is 6.54 Å². The summed E-state index contributed by atoms with van der Waals surface area (Å²) in [6, 6.07) is 11.0. The molecule has 5 heteroatoms. The lowest BCUT2D eigenvalue weighted by atomic mass is 10.0. The van der Waals surface area contributed by atoms with Crippen molar-refractivity contribution in [2.75, 3.05) is 6.54 Å². The molecule has 3 nitrogen and oxygen atoms in total. The van der Waals surface area contributed by atoms with Gasteiger partial charge in [0.15, 0.2) is 11.6 Å². The number of amides is 1. The van der Waals surface area contributed by atoms with Crippen molar-refractivity contribution in [2.45, 2.75) is 32.8 Å². The Morgan fingerprint density at radius 1 is 1.04 bits per heavy atom. The van der Waals surface area contributed by atoms with Gasteiger partial charge in [0.2, 0.25) is 5.91 Å². The molecule has 2 aromatic rings. The lowest BCUT2D eigenvalue weighted by Crippen LogP contribution is -2.29. The molecule has 1 atom stereocenters. The van der Waals surface area contributed by atoms with Gasteiger partial charge in [-0.05, 0) is 41.2 Å². The van der Waals surface area contributed by atoms with Gasteiger partial charge in [-0.1, -0.05) is 44.2 Å². The van der Waals surface area contributed by atoms with Crippen LogP contribution in [0.15, 0.2) is 42.5 Å². The van der Waals surface area contributed by atoms with Crippen molar-refractivity contribution in [2.24, 2.45) is 5.92 Å². The Labute approximate surface area is 146 Å². The summed E-state index contributed by atoms with van der Waals surface area (Å²) in [5.41, 5.74) is 2.33. The van der Waals surface area contributed by atoms with Gasteiger partial charge in [0.25, 0.3) is 0 Å². The van der Waals surface area contributed by atoms with E-state index >= 15 is 0 Å². The summed E-state index contributed by atoms with van der Waals surface area (Å²) in [5, 5.41) is 12.6. The van der Waals surface area contributed by atoms with E-state index in [4.69, 9.17) is 0 Å². The standard InChI is InChI=1S/C20H23F2NO2/c1-13(2)9-14-3-5-15(6-4-14)10-20(25)23-12-19(24)16-7-8-17(21)18(22)11-16/h3-8,11,13,19,24H,9-10,12H2,1-2H3,(H,23,25). The Balaban J connectivity index is 1.84. The molecule has 0 fully saturated rings. The van der Waals surface area contributed by atoms with Crippen LogP contribution in [0.4, 0.5) is 8.78 Å². The van der Waals surface area contributed by atoms with Crippen LogP contribution in [0, 0.1) is 17.6 Å². The largest absolute Gasteiger partial charge is 0.387 e. The number of aliphatic hydroxyl groups excluding tert-OH is 1. The van der Waals surface area contributed by atoms with Crippen LogP contribution in [-0.2, 0) is 17.6 Å². The van der Waals surface area contributed by atoms with E-state index in [9.17, 15) is 18.7 Å². The minimum absolute atomic E-state index is 0.0602. The number of rotatable bonds is 7. The van der Waals surface area contributed by atoms with Crippen LogP contribution in [-0.4, -0.2) is 17.6 Å². The molecule has 0 radical (unpaired) electrons. The zero-order valence-corrected chi connectivity index (χ0v) is 14.4. The molecule has 0 heterocycles. The second kappa shape index (κ2) is 8.72. The maximum absolute atomic E-state index is 13.2. The Hall–Kier alpha value is -2.27. The minimum atomic E-state index is -1.09. The monoisotopic (exact) mass is 347 g/mol. The maximum atomic E-state index is 13.2. The summed E-state index contributed by atoms with van der Waals surface area (Å²) in [5.74, 6) is -1.66. The third-order valence-electron chi connectivity index (χ3n) is 3.85. The van der Waals surface area contributed by atoms with E-state index in [0.717, 1.165) is 24.1 Å². The summed E-state index contributed by atoms with van der Waals surface area (Å²) in [4.78, 5) is 12.0. The number of aliphatic hydroxyl groups is 1. The molecule has 0 aliphatic rings. The molecule has 0 saturated carbocycles. The number of carbonyl (C=O) groups is 1. The Kier molecular flexibility index (Phi) is 6.65. The van der Waals surface area contributed by atoms with Crippen molar-refractivity contribution in [1.29, 1.82) is 0 Å². The normalized spacial score (nSPS) is 12.2. The number of benzene rings is 2. The van der Waals surface area contributed by atoms with Gasteiger partial charge in [-0.2, -0.15) is 0 Å². The molecular weight excluding hydrogens is 324 g/mol. The van der Waals surface area contributed by atoms with E-state index in [0.29, 0.717) is 5.92 Å². The second-order valence-electron chi connectivity index (χ2n) is 6.58. The summed E-state index contributed by atoms with van der Waals surface area (Å²) in [6.45, 7) is 4.24. The molecule has 134 valence electrons. The quantitative estimate of drug-likeness (QED) is 0.805. The first-order valence-corrected chi connectivity index (χ1v) is 8.32. The maximum Gasteiger partial charge on any atom is 0.224 e. The molecule has 2 N–H and O–H groups in total. The van der Waals surface area contributed by atoms with Gasteiger partial charge >= 0.3 is 0 Å². The molecule has 25 heavy (non-hydrogen) atoms. The molecule has 0 aliphatic heterocycles. The van der Waals surface area contributed by atoms with Crippen molar-refractivity contribution < 1.29 is 18.7 Å². The summed E-state index contributed by atoms with van der Waals surface area (Å²) >= 11 is 0. The molecule has 0 saturated heterocycles. The molecule has 2 aromatic carbocycles. The number of hydrogen-bond donors (Lipinski definition) is 2. The fourth-order valence-electron chi connectivity index (χ4n) is 2.56. The molecule has 0 aliphatic carbocycles. The van der Waals surface area contributed by atoms with E-state index in [1.165, 1.54) is 11.6 Å². The highest BCUT2D eigenvalue weighted by Crippen LogP contribution is 2.16. The average molecular weight is 347 g/mol. The van der Waals surface area contributed by atoms with Gasteiger partial charge in [-0.15, -0.1) is 0 Å². The fourth-order valence-corrected chi connectivity index (χ4v) is 2.56. The smallest absolute Gasteiger partial charge is 0.224 e. The Morgan fingerprint density at radius 2 is 1.68 bits per heavy atom. The van der Waals surface area contributed by atoms with Gasteiger partial charge < -0.3 is 10.4 Å². The number of halogens is 2. The van der Waals surface area contributed by atoms with Gasteiger partial charge in [-0.3, -0.25) is 4.79 Å². The predicted octanol–water partition coefficient (Wildman–Crippen LogP) is 3.56. The first-order chi connectivity index (χ1) is 11.8. The van der Waals surface area contributed by atoms with E-state index in [1.54, 1.807) is 0 Å². The topological polar surface area (TPSA) is 49.3 Å². The van der Waals surface area contributed by atoms with Gasteiger partial charge in [-0.25, -0.2) is 8.78 Å². The van der Waals surface area contributed by atoms with Crippen LogP contribution in [0.25, 0.3) is 0 Å². The predicted molar refractivity (Wildman–Crippen MR) is 93.0 cm³/mol. The van der Waals surface area contributed by atoms with Crippen LogP contribution in [0.1, 0.15) is 36.6 Å². The number of carbonyl (C=O) groups excluding carboxylic acids is 1. The zero-order valence-electron chi connectivity index (χ0n) is 14.4. The summed E-state index contributed by atoms with van der Waals surface area (Å²) < 4.78 is 26.1. The molecule has 0 bridgehead atoms. The SMILES string of the molecule is CC(C)Cc1ccc(CC(=O)NCC(O)c2ccc(F)c(F)c2)cc1. The summed E-state index contributed by atoms with van der Waals surface area (Å²) in [7, 11) is 0. The highest BCUT2D eigenvalue weighted by Gasteiger charge is 2.12. The highest BCUT2D eigenvalue weighted by molar-refractivity contribution is 5.78. The van der Waals surface area contributed by atoms with Crippen molar-refractivity contribution in [1.82, 2.24) is 5.32 Å². The third-order valence-corrected chi connectivity index (χ3v) is 3.85. The molecule has 2 rings (SSSR count). The molecule has 1 unspecified atom stereocenters. The average Bonchev–Trinajstić information content (AvgIpc) is 2.56. The van der Waals surface area contributed by atoms with Crippen LogP contribution in [0.2, 0.25) is 0 Å². The Bertz CT molecular complexity index is 714. The third kappa shape index (κ3) is 5.94. The fraction of sp³-hybridized carbons (Fsp3) is 0.350. The van der Waals surface area contributed by atoms with Crippen LogP contribution in [0.5, 0.6) is 0 Å². The second-order valence-corrected chi connectivity index (χ2v) is 6.58. The molecule has 0 aromatic heterocycles. The van der Waals surface area contributed by atoms with E-state index in [-0.39, 0.29) is 24.4 Å². The lowest BCUT2D eigenvalue weighted by Gasteiger charge is -2.13. The van der Waals surface area contributed by atoms with Crippen molar-refractivity contribution in [3.8, 4) is 0 Å². The van der Waals surface area contributed by atoms with E-state index in [2.05, 4.69) is 19.2 Å². The molecule has 1 amide bonds. The minimum Gasteiger partial charge on any atom is -0.387 e. The van der Waals surface area contributed by atoms with Crippen LogP contribution >= 0.6 is 0 Å². The Morgan fingerprint density at radius 3 is 2.28 bits per heavy atom. The molecular formula is C20H23F2NO2. The first kappa shape index (κ1) is 19.1. The van der Waals surface area contributed by atoms with Gasteiger partial charge in [0.1, 0.15) is 0 Å². The van der Waals surface area contributed by atoms with Crippen LogP contribution < -0.4 is 5.32 Å². The van der Waals surface area contributed by atoms with Crippen LogP contribution in [0.3, 0.4) is 0 Å². The van der Waals surface area contributed by atoms with Gasteiger partial charge in [0.05, 0.1) is 12.5 Å². The lowest BCUT2D eigenvalue weighted by molar-refractivity contribution is -0.120. The number of nitrogens with one attached hydrogen (secondary N) is 1. The van der Waals surface area contributed by atoms with E-state index in [1.807, 2.05) is 24.3 Å². The molecule has 0 spiro atoms. The van der Waals surface area contributed by atoms with Crippen molar-refractivity contribution in [3.05, 3.63) is 70.8 Å².